The lowest BCUT2D eigenvalue weighted by atomic mass is 10.2. The van der Waals surface area contributed by atoms with Gasteiger partial charge in [-0.3, -0.25) is 9.36 Å². The number of aromatic carboxylic acids is 1. The molecule has 0 aliphatic rings. The molecule has 7 nitrogen and oxygen atoms in total. The van der Waals surface area contributed by atoms with Gasteiger partial charge in [0.25, 0.3) is 0 Å². The number of aromatic nitrogens is 1. The average Bonchev–Trinajstić information content (AvgIpc) is 2.86. The zero-order chi connectivity index (χ0) is 18.1. The number of hydrogen-bond acceptors (Lipinski definition) is 4. The van der Waals surface area contributed by atoms with Crippen LogP contribution in [0.4, 0.5) is 5.69 Å². The van der Waals surface area contributed by atoms with Crippen LogP contribution in [0.1, 0.15) is 15.9 Å². The number of rotatable bonds is 4. The number of oxazole rings is 1. The molecule has 0 spiro atoms. The standard InChI is InChI=1S/C17H13ClN2O5/c1-9-2-4-11(7-12(9)18)19-15(21)8-20-13-6-10(16(22)23)3-5-14(13)25-17(20)24/h2-7H,8H2,1H3,(H,19,21)(H,22,23). The van der Waals surface area contributed by atoms with Crippen molar-refractivity contribution < 1.29 is 19.1 Å². The summed E-state index contributed by atoms with van der Waals surface area (Å²) in [7, 11) is 0. The summed E-state index contributed by atoms with van der Waals surface area (Å²) in [6, 6.07) is 9.06. The fourth-order valence-corrected chi connectivity index (χ4v) is 2.54. The van der Waals surface area contributed by atoms with Crippen molar-refractivity contribution in [2.24, 2.45) is 0 Å². The lowest BCUT2D eigenvalue weighted by Crippen LogP contribution is -2.24. The molecule has 0 atom stereocenters. The topological polar surface area (TPSA) is 102 Å². The predicted molar refractivity (Wildman–Crippen MR) is 92.3 cm³/mol. The van der Waals surface area contributed by atoms with E-state index in [1.807, 2.05) is 6.92 Å². The minimum absolute atomic E-state index is 0.00669. The molecule has 0 bridgehead atoms. The number of fused-ring (bicyclic) bond motifs is 1. The largest absolute Gasteiger partial charge is 0.478 e. The Labute approximate surface area is 146 Å². The van der Waals surface area contributed by atoms with E-state index in [9.17, 15) is 14.4 Å². The Kier molecular flexibility index (Phi) is 4.33. The molecule has 25 heavy (non-hydrogen) atoms. The first-order valence-electron chi connectivity index (χ1n) is 7.28. The maximum atomic E-state index is 12.2. The number of carboxylic acids is 1. The van der Waals surface area contributed by atoms with E-state index in [4.69, 9.17) is 21.1 Å². The van der Waals surface area contributed by atoms with E-state index in [0.29, 0.717) is 10.7 Å². The average molecular weight is 361 g/mol. The Bertz CT molecular complexity index is 1050. The molecule has 0 unspecified atom stereocenters. The first-order valence-corrected chi connectivity index (χ1v) is 7.65. The molecule has 3 rings (SSSR count). The van der Waals surface area contributed by atoms with Crippen LogP contribution in [0, 0.1) is 6.92 Å². The van der Waals surface area contributed by atoms with Gasteiger partial charge in [-0.1, -0.05) is 17.7 Å². The number of benzene rings is 2. The van der Waals surface area contributed by atoms with Gasteiger partial charge in [-0.05, 0) is 42.8 Å². The Morgan fingerprint density at radius 2 is 2.00 bits per heavy atom. The summed E-state index contributed by atoms with van der Waals surface area (Å²) < 4.78 is 6.11. The van der Waals surface area contributed by atoms with Crippen LogP contribution in [0.25, 0.3) is 11.1 Å². The van der Waals surface area contributed by atoms with Gasteiger partial charge in [0.2, 0.25) is 5.91 Å². The van der Waals surface area contributed by atoms with E-state index in [-0.39, 0.29) is 23.2 Å². The molecule has 0 aliphatic carbocycles. The van der Waals surface area contributed by atoms with Gasteiger partial charge in [0.15, 0.2) is 5.58 Å². The van der Waals surface area contributed by atoms with Crippen LogP contribution in [-0.2, 0) is 11.3 Å². The highest BCUT2D eigenvalue weighted by molar-refractivity contribution is 6.31. The van der Waals surface area contributed by atoms with Gasteiger partial charge in [0.1, 0.15) is 6.54 Å². The van der Waals surface area contributed by atoms with Gasteiger partial charge >= 0.3 is 11.7 Å². The SMILES string of the molecule is Cc1ccc(NC(=O)Cn2c(=O)oc3ccc(C(=O)O)cc32)cc1Cl. The molecule has 1 heterocycles. The second kappa shape index (κ2) is 6.45. The van der Waals surface area contributed by atoms with E-state index in [1.54, 1.807) is 18.2 Å². The van der Waals surface area contributed by atoms with Crippen LogP contribution in [0.2, 0.25) is 5.02 Å². The second-order valence-electron chi connectivity index (χ2n) is 5.45. The monoisotopic (exact) mass is 360 g/mol. The van der Waals surface area contributed by atoms with Crippen LogP contribution in [0.5, 0.6) is 0 Å². The molecule has 1 aromatic heterocycles. The fourth-order valence-electron chi connectivity index (χ4n) is 2.36. The van der Waals surface area contributed by atoms with Crippen molar-refractivity contribution in [2.75, 3.05) is 5.32 Å². The summed E-state index contributed by atoms with van der Waals surface area (Å²) in [5.74, 6) is -2.35. The van der Waals surface area contributed by atoms with Crippen LogP contribution in [0.3, 0.4) is 0 Å². The van der Waals surface area contributed by atoms with E-state index >= 15 is 0 Å². The number of halogens is 1. The number of carbonyl (C=O) groups is 2. The van der Waals surface area contributed by atoms with Gasteiger partial charge in [0.05, 0.1) is 11.1 Å². The summed E-state index contributed by atoms with van der Waals surface area (Å²) in [6.07, 6.45) is 0. The Balaban J connectivity index is 1.88. The van der Waals surface area contributed by atoms with Crippen molar-refractivity contribution in [1.29, 1.82) is 0 Å². The summed E-state index contributed by atoms with van der Waals surface area (Å²) in [4.78, 5) is 35.2. The number of carboxylic acid groups (broad SMARTS) is 1. The van der Waals surface area contributed by atoms with Crippen molar-refractivity contribution in [2.45, 2.75) is 13.5 Å². The number of carbonyl (C=O) groups excluding carboxylic acids is 1. The molecule has 0 fully saturated rings. The lowest BCUT2D eigenvalue weighted by Gasteiger charge is -2.07. The third-order valence-corrected chi connectivity index (χ3v) is 4.08. The molecule has 128 valence electrons. The fraction of sp³-hybridized carbons (Fsp3) is 0.118. The molecule has 1 amide bonds. The van der Waals surface area contributed by atoms with E-state index < -0.39 is 17.6 Å². The zero-order valence-electron chi connectivity index (χ0n) is 13.1. The molecule has 2 N–H and O–H groups in total. The molecule has 8 heteroatoms. The third-order valence-electron chi connectivity index (χ3n) is 3.67. The van der Waals surface area contributed by atoms with Crippen molar-refractivity contribution in [3.05, 3.63) is 63.1 Å². The smallest absolute Gasteiger partial charge is 0.420 e. The maximum absolute atomic E-state index is 12.2. The summed E-state index contributed by atoms with van der Waals surface area (Å²) >= 11 is 6.01. The van der Waals surface area contributed by atoms with E-state index in [2.05, 4.69) is 5.32 Å². The Hall–Kier alpha value is -3.06. The van der Waals surface area contributed by atoms with Crippen molar-refractivity contribution >= 4 is 40.3 Å². The minimum atomic E-state index is -1.14. The summed E-state index contributed by atoms with van der Waals surface area (Å²) in [5, 5.41) is 12.2. The zero-order valence-corrected chi connectivity index (χ0v) is 13.8. The third kappa shape index (κ3) is 3.41. The van der Waals surface area contributed by atoms with Gasteiger partial charge in [-0.2, -0.15) is 0 Å². The highest BCUT2D eigenvalue weighted by atomic mass is 35.5. The first kappa shape index (κ1) is 16.8. The quantitative estimate of drug-likeness (QED) is 0.744. The van der Waals surface area contributed by atoms with E-state index in [0.717, 1.165) is 10.1 Å². The second-order valence-corrected chi connectivity index (χ2v) is 5.86. The molecule has 0 radical (unpaired) electrons. The molecule has 0 aliphatic heterocycles. The predicted octanol–water partition coefficient (Wildman–Crippen LogP) is 2.89. The maximum Gasteiger partial charge on any atom is 0.420 e. The minimum Gasteiger partial charge on any atom is -0.478 e. The highest BCUT2D eigenvalue weighted by Crippen LogP contribution is 2.20. The number of nitrogens with zero attached hydrogens (tertiary/aromatic N) is 1. The Morgan fingerprint density at radius 3 is 2.68 bits per heavy atom. The summed E-state index contributed by atoms with van der Waals surface area (Å²) in [6.45, 7) is 1.52. The van der Waals surface area contributed by atoms with Crippen LogP contribution in [-0.4, -0.2) is 21.6 Å². The highest BCUT2D eigenvalue weighted by Gasteiger charge is 2.15. The van der Waals surface area contributed by atoms with Gasteiger partial charge in [-0.15, -0.1) is 0 Å². The number of aryl methyl sites for hydroxylation is 1. The normalized spacial score (nSPS) is 10.8. The van der Waals surface area contributed by atoms with Crippen LogP contribution < -0.4 is 11.1 Å². The number of amides is 1. The van der Waals surface area contributed by atoms with Crippen molar-refractivity contribution in [1.82, 2.24) is 4.57 Å². The number of anilines is 1. The van der Waals surface area contributed by atoms with Gasteiger partial charge < -0.3 is 14.8 Å². The molecular formula is C17H13ClN2O5. The lowest BCUT2D eigenvalue weighted by molar-refractivity contribution is -0.116. The van der Waals surface area contributed by atoms with Crippen LogP contribution in [0.15, 0.2) is 45.6 Å². The number of nitrogens with one attached hydrogen (secondary N) is 1. The van der Waals surface area contributed by atoms with Gasteiger partial charge in [0, 0.05) is 10.7 Å². The molecule has 0 saturated heterocycles. The van der Waals surface area contributed by atoms with Crippen LogP contribution >= 0.6 is 11.6 Å². The van der Waals surface area contributed by atoms with E-state index in [1.165, 1.54) is 18.2 Å². The molecule has 3 aromatic rings. The Morgan fingerprint density at radius 1 is 1.24 bits per heavy atom. The molecular weight excluding hydrogens is 348 g/mol. The van der Waals surface area contributed by atoms with Crippen molar-refractivity contribution in [3.63, 3.8) is 0 Å². The first-order chi connectivity index (χ1) is 11.8. The molecule has 2 aromatic carbocycles. The molecule has 0 saturated carbocycles. The van der Waals surface area contributed by atoms with Crippen molar-refractivity contribution in [3.8, 4) is 0 Å². The summed E-state index contributed by atoms with van der Waals surface area (Å²) in [5.41, 5.74) is 1.81. The number of hydrogen-bond donors (Lipinski definition) is 2. The van der Waals surface area contributed by atoms with Gasteiger partial charge in [-0.25, -0.2) is 9.59 Å².